The van der Waals surface area contributed by atoms with Crippen molar-refractivity contribution in [2.75, 3.05) is 19.6 Å². The quantitative estimate of drug-likeness (QED) is 0.848. The summed E-state index contributed by atoms with van der Waals surface area (Å²) >= 11 is 0. The van der Waals surface area contributed by atoms with Crippen molar-refractivity contribution in [3.8, 4) is 0 Å². The summed E-state index contributed by atoms with van der Waals surface area (Å²) in [6, 6.07) is 1.31. The maximum atomic E-state index is 4.22. The second kappa shape index (κ2) is 5.65. The summed E-state index contributed by atoms with van der Waals surface area (Å²) in [7, 11) is 1.98. The number of nitrogens with one attached hydrogen (secondary N) is 1. The maximum Gasteiger partial charge on any atom is 0.0522 e. The van der Waals surface area contributed by atoms with E-state index < -0.39 is 0 Å². The van der Waals surface area contributed by atoms with Gasteiger partial charge in [-0.05, 0) is 25.3 Å². The molecule has 0 radical (unpaired) electrons. The van der Waals surface area contributed by atoms with E-state index in [4.69, 9.17) is 0 Å². The highest BCUT2D eigenvalue weighted by Gasteiger charge is 2.23. The van der Waals surface area contributed by atoms with E-state index in [1.807, 2.05) is 17.9 Å². The Morgan fingerprint density at radius 2 is 2.35 bits per heavy atom. The highest BCUT2D eigenvalue weighted by atomic mass is 15.2. The van der Waals surface area contributed by atoms with E-state index >= 15 is 0 Å². The molecule has 1 fully saturated rings. The number of hydrogen-bond donors (Lipinski definition) is 1. The van der Waals surface area contributed by atoms with Crippen LogP contribution in [0.4, 0.5) is 0 Å². The predicted molar refractivity (Wildman–Crippen MR) is 70.0 cm³/mol. The first-order chi connectivity index (χ1) is 8.19. The minimum atomic E-state index is 0.648. The van der Waals surface area contributed by atoms with Crippen molar-refractivity contribution in [3.05, 3.63) is 18.0 Å². The second-order valence-electron chi connectivity index (χ2n) is 5.13. The van der Waals surface area contributed by atoms with Gasteiger partial charge in [0.15, 0.2) is 0 Å². The van der Waals surface area contributed by atoms with E-state index in [9.17, 15) is 0 Å². The minimum absolute atomic E-state index is 0.648. The van der Waals surface area contributed by atoms with E-state index in [0.29, 0.717) is 12.1 Å². The molecule has 1 aliphatic rings. The van der Waals surface area contributed by atoms with Crippen LogP contribution in [-0.2, 0) is 13.5 Å². The normalized spacial score (nSPS) is 26.3. The molecule has 0 spiro atoms. The average Bonchev–Trinajstić information content (AvgIpc) is 2.74. The van der Waals surface area contributed by atoms with E-state index in [0.717, 1.165) is 19.5 Å². The Bertz CT molecular complexity index is 347. The van der Waals surface area contributed by atoms with Gasteiger partial charge in [-0.25, -0.2) is 0 Å². The van der Waals surface area contributed by atoms with Gasteiger partial charge in [-0.3, -0.25) is 9.58 Å². The standard InChI is InChI=1S/C13H24N4/c1-4-13-10-17(11(2)7-14-13)6-5-12-8-15-16(3)9-12/h8-9,11,13-14H,4-7,10H2,1-3H3. The third-order valence-corrected chi connectivity index (χ3v) is 3.72. The molecule has 1 aromatic heterocycles. The van der Waals surface area contributed by atoms with Crippen molar-refractivity contribution in [1.29, 1.82) is 0 Å². The van der Waals surface area contributed by atoms with Gasteiger partial charge in [-0.1, -0.05) is 6.92 Å². The Morgan fingerprint density at radius 3 is 3.00 bits per heavy atom. The van der Waals surface area contributed by atoms with Gasteiger partial charge in [0.25, 0.3) is 0 Å². The van der Waals surface area contributed by atoms with Crippen LogP contribution in [0.5, 0.6) is 0 Å². The van der Waals surface area contributed by atoms with E-state index in [1.54, 1.807) is 0 Å². The molecule has 1 saturated heterocycles. The highest BCUT2D eigenvalue weighted by Crippen LogP contribution is 2.10. The van der Waals surface area contributed by atoms with Crippen molar-refractivity contribution in [2.45, 2.75) is 38.8 Å². The highest BCUT2D eigenvalue weighted by molar-refractivity contribution is 5.04. The van der Waals surface area contributed by atoms with E-state index in [1.165, 1.54) is 18.5 Å². The summed E-state index contributed by atoms with van der Waals surface area (Å²) < 4.78 is 1.88. The van der Waals surface area contributed by atoms with Gasteiger partial charge in [0, 0.05) is 45.0 Å². The molecule has 1 N–H and O–H groups in total. The van der Waals surface area contributed by atoms with Crippen LogP contribution in [-0.4, -0.2) is 46.4 Å². The molecule has 0 aromatic carbocycles. The van der Waals surface area contributed by atoms with E-state index in [-0.39, 0.29) is 0 Å². The van der Waals surface area contributed by atoms with Crippen LogP contribution in [0.15, 0.2) is 12.4 Å². The van der Waals surface area contributed by atoms with Crippen LogP contribution < -0.4 is 5.32 Å². The van der Waals surface area contributed by atoms with Crippen LogP contribution >= 0.6 is 0 Å². The summed E-state index contributed by atoms with van der Waals surface area (Å²) in [5.41, 5.74) is 1.34. The van der Waals surface area contributed by atoms with Gasteiger partial charge in [0.2, 0.25) is 0 Å². The van der Waals surface area contributed by atoms with E-state index in [2.05, 4.69) is 35.4 Å². The first-order valence-electron chi connectivity index (χ1n) is 6.64. The first kappa shape index (κ1) is 12.6. The van der Waals surface area contributed by atoms with Crippen LogP contribution in [0, 0.1) is 0 Å². The summed E-state index contributed by atoms with van der Waals surface area (Å²) in [5, 5.41) is 7.81. The molecule has 4 heteroatoms. The molecule has 2 unspecified atom stereocenters. The summed E-state index contributed by atoms with van der Waals surface area (Å²) in [5.74, 6) is 0. The van der Waals surface area contributed by atoms with Crippen molar-refractivity contribution in [1.82, 2.24) is 20.0 Å². The molecule has 2 heterocycles. The third-order valence-electron chi connectivity index (χ3n) is 3.72. The number of nitrogens with zero attached hydrogens (tertiary/aromatic N) is 3. The number of piperazine rings is 1. The molecule has 1 aromatic rings. The van der Waals surface area contributed by atoms with Crippen molar-refractivity contribution >= 4 is 0 Å². The molecule has 2 rings (SSSR count). The molecule has 96 valence electrons. The Morgan fingerprint density at radius 1 is 1.53 bits per heavy atom. The zero-order valence-electron chi connectivity index (χ0n) is 11.2. The van der Waals surface area contributed by atoms with Crippen LogP contribution in [0.2, 0.25) is 0 Å². The number of hydrogen-bond acceptors (Lipinski definition) is 3. The first-order valence-corrected chi connectivity index (χ1v) is 6.64. The Hall–Kier alpha value is -0.870. The number of aryl methyl sites for hydroxylation is 1. The van der Waals surface area contributed by atoms with Crippen molar-refractivity contribution in [3.63, 3.8) is 0 Å². The topological polar surface area (TPSA) is 33.1 Å². The Labute approximate surface area is 104 Å². The molecule has 0 saturated carbocycles. The van der Waals surface area contributed by atoms with Gasteiger partial charge >= 0.3 is 0 Å². The molecular formula is C13H24N4. The average molecular weight is 236 g/mol. The molecule has 17 heavy (non-hydrogen) atoms. The zero-order chi connectivity index (χ0) is 12.3. The maximum absolute atomic E-state index is 4.22. The van der Waals surface area contributed by atoms with Gasteiger partial charge in [-0.15, -0.1) is 0 Å². The fraction of sp³-hybridized carbons (Fsp3) is 0.769. The molecular weight excluding hydrogens is 212 g/mol. The number of rotatable bonds is 4. The lowest BCUT2D eigenvalue weighted by molar-refractivity contribution is 0.141. The van der Waals surface area contributed by atoms with Crippen molar-refractivity contribution in [2.24, 2.45) is 7.05 Å². The Kier molecular flexibility index (Phi) is 4.18. The fourth-order valence-corrected chi connectivity index (χ4v) is 2.45. The van der Waals surface area contributed by atoms with Crippen LogP contribution in [0.1, 0.15) is 25.8 Å². The van der Waals surface area contributed by atoms with Gasteiger partial charge in [0.05, 0.1) is 6.20 Å². The van der Waals surface area contributed by atoms with Gasteiger partial charge in [-0.2, -0.15) is 5.10 Å². The summed E-state index contributed by atoms with van der Waals surface area (Å²) in [6.07, 6.45) is 6.42. The molecule has 0 bridgehead atoms. The smallest absolute Gasteiger partial charge is 0.0522 e. The minimum Gasteiger partial charge on any atom is -0.311 e. The molecule has 4 nitrogen and oxygen atoms in total. The molecule has 1 aliphatic heterocycles. The Balaban J connectivity index is 1.84. The van der Waals surface area contributed by atoms with Gasteiger partial charge < -0.3 is 5.32 Å². The second-order valence-corrected chi connectivity index (χ2v) is 5.13. The largest absolute Gasteiger partial charge is 0.311 e. The molecule has 0 amide bonds. The fourth-order valence-electron chi connectivity index (χ4n) is 2.45. The van der Waals surface area contributed by atoms with Crippen LogP contribution in [0.3, 0.4) is 0 Å². The summed E-state index contributed by atoms with van der Waals surface area (Å²) in [4.78, 5) is 2.59. The monoisotopic (exact) mass is 236 g/mol. The molecule has 2 atom stereocenters. The lowest BCUT2D eigenvalue weighted by Crippen LogP contribution is -2.55. The SMILES string of the molecule is CCC1CN(CCc2cnn(C)c2)C(C)CN1. The van der Waals surface area contributed by atoms with Crippen molar-refractivity contribution < 1.29 is 0 Å². The lowest BCUT2D eigenvalue weighted by atomic mass is 10.1. The summed E-state index contributed by atoms with van der Waals surface area (Å²) in [6.45, 7) is 8.00. The lowest BCUT2D eigenvalue weighted by Gasteiger charge is -2.38. The van der Waals surface area contributed by atoms with Crippen LogP contribution in [0.25, 0.3) is 0 Å². The number of aromatic nitrogens is 2. The third kappa shape index (κ3) is 3.30. The predicted octanol–water partition coefficient (Wildman–Crippen LogP) is 1.03. The molecule has 0 aliphatic carbocycles. The van der Waals surface area contributed by atoms with Gasteiger partial charge in [0.1, 0.15) is 0 Å². The zero-order valence-corrected chi connectivity index (χ0v) is 11.2.